The van der Waals surface area contributed by atoms with Gasteiger partial charge in [0.05, 0.1) is 0 Å². The van der Waals surface area contributed by atoms with Gasteiger partial charge in [0.2, 0.25) is 0 Å². The first kappa shape index (κ1) is 26.5. The topological polar surface area (TPSA) is 60.7 Å². The van der Waals surface area contributed by atoms with Crippen molar-refractivity contribution in [3.05, 3.63) is 85.9 Å². The van der Waals surface area contributed by atoms with E-state index in [0.717, 1.165) is 18.4 Å². The summed E-state index contributed by atoms with van der Waals surface area (Å²) < 4.78 is 0. The van der Waals surface area contributed by atoms with Gasteiger partial charge in [0.1, 0.15) is 17.2 Å². The van der Waals surface area contributed by atoms with Gasteiger partial charge in [-0.25, -0.2) is 0 Å². The fourth-order valence-corrected chi connectivity index (χ4v) is 5.47. The van der Waals surface area contributed by atoms with Crippen LogP contribution in [0.15, 0.2) is 48.5 Å². The molecule has 0 aliphatic carbocycles. The molecule has 0 aromatic heterocycles. The standard InChI is InChI=1S/C28H31Cl3O3/c1-5-10-28(4,16-17-11-19(29)6-8-24(17)32)23-14-21(31)12-18(26(23)34)15-27(2,3)22-13-20(30)7-9-25(22)33/h6-9,11-14,32-34H,5,10,15-16H2,1-4H3. The molecule has 0 amide bonds. The molecular weight excluding hydrogens is 491 g/mol. The highest BCUT2D eigenvalue weighted by Crippen LogP contribution is 2.45. The Balaban J connectivity index is 2.07. The van der Waals surface area contributed by atoms with Gasteiger partial charge in [0, 0.05) is 31.6 Å². The summed E-state index contributed by atoms with van der Waals surface area (Å²) in [4.78, 5) is 0. The number of halogens is 3. The Hall–Kier alpha value is -2.07. The van der Waals surface area contributed by atoms with Crippen LogP contribution in [-0.4, -0.2) is 15.3 Å². The first-order chi connectivity index (χ1) is 15.9. The van der Waals surface area contributed by atoms with E-state index in [1.807, 2.05) is 19.9 Å². The van der Waals surface area contributed by atoms with E-state index >= 15 is 0 Å². The second-order valence-electron chi connectivity index (χ2n) is 9.94. The molecule has 182 valence electrons. The van der Waals surface area contributed by atoms with Crippen molar-refractivity contribution < 1.29 is 15.3 Å². The highest BCUT2D eigenvalue weighted by atomic mass is 35.5. The molecule has 3 aromatic rings. The molecule has 3 nitrogen and oxygen atoms in total. The molecule has 0 aliphatic rings. The van der Waals surface area contributed by atoms with E-state index < -0.39 is 10.8 Å². The van der Waals surface area contributed by atoms with Crippen LogP contribution in [0.5, 0.6) is 17.2 Å². The summed E-state index contributed by atoms with van der Waals surface area (Å²) in [5.74, 6) is 0.505. The Bertz CT molecular complexity index is 1190. The zero-order valence-electron chi connectivity index (χ0n) is 19.9. The summed E-state index contributed by atoms with van der Waals surface area (Å²) in [6, 6.07) is 13.6. The van der Waals surface area contributed by atoms with Crippen LogP contribution in [0.2, 0.25) is 15.1 Å². The molecule has 0 spiro atoms. The highest BCUT2D eigenvalue weighted by Gasteiger charge is 2.33. The fraction of sp³-hybridized carbons (Fsp3) is 0.357. The molecule has 3 aromatic carbocycles. The maximum absolute atomic E-state index is 11.5. The Kier molecular flexibility index (Phi) is 8.02. The Labute approximate surface area is 216 Å². The molecule has 1 atom stereocenters. The number of phenolic OH excluding ortho intramolecular Hbond substituents is 3. The van der Waals surface area contributed by atoms with Gasteiger partial charge < -0.3 is 15.3 Å². The van der Waals surface area contributed by atoms with E-state index in [0.29, 0.717) is 44.6 Å². The number of phenols is 3. The molecule has 3 N–H and O–H groups in total. The second-order valence-corrected chi connectivity index (χ2v) is 11.3. The van der Waals surface area contributed by atoms with Gasteiger partial charge in [-0.1, -0.05) is 68.9 Å². The molecule has 34 heavy (non-hydrogen) atoms. The van der Waals surface area contributed by atoms with Crippen LogP contribution in [0.25, 0.3) is 0 Å². The first-order valence-corrected chi connectivity index (χ1v) is 12.5. The Morgan fingerprint density at radius 3 is 1.88 bits per heavy atom. The van der Waals surface area contributed by atoms with Crippen molar-refractivity contribution in [3.8, 4) is 17.2 Å². The van der Waals surface area contributed by atoms with Crippen molar-refractivity contribution in [2.45, 2.75) is 64.2 Å². The van der Waals surface area contributed by atoms with E-state index in [1.165, 1.54) is 0 Å². The molecule has 6 heteroatoms. The molecule has 0 aliphatic heterocycles. The molecule has 0 saturated heterocycles. The minimum atomic E-state index is -0.527. The van der Waals surface area contributed by atoms with Gasteiger partial charge in [-0.2, -0.15) is 0 Å². The third kappa shape index (κ3) is 5.76. The minimum absolute atomic E-state index is 0.156. The maximum atomic E-state index is 11.5. The average Bonchev–Trinajstić information content (AvgIpc) is 2.74. The summed E-state index contributed by atoms with van der Waals surface area (Å²) in [5.41, 5.74) is 1.80. The number of benzene rings is 3. The second kappa shape index (κ2) is 10.3. The number of hydrogen-bond donors (Lipinski definition) is 3. The zero-order chi connectivity index (χ0) is 25.3. The van der Waals surface area contributed by atoms with Crippen LogP contribution in [0.4, 0.5) is 0 Å². The van der Waals surface area contributed by atoms with Crippen LogP contribution in [0.1, 0.15) is 62.8 Å². The van der Waals surface area contributed by atoms with Crippen LogP contribution < -0.4 is 0 Å². The van der Waals surface area contributed by atoms with Crippen molar-refractivity contribution >= 4 is 34.8 Å². The summed E-state index contributed by atoms with van der Waals surface area (Å²) in [7, 11) is 0. The summed E-state index contributed by atoms with van der Waals surface area (Å²) in [6.45, 7) is 8.14. The Morgan fingerprint density at radius 2 is 1.24 bits per heavy atom. The largest absolute Gasteiger partial charge is 0.508 e. The lowest BCUT2D eigenvalue weighted by Gasteiger charge is -2.33. The van der Waals surface area contributed by atoms with Gasteiger partial charge in [-0.3, -0.25) is 0 Å². The van der Waals surface area contributed by atoms with Crippen molar-refractivity contribution in [2.24, 2.45) is 0 Å². The highest BCUT2D eigenvalue weighted by molar-refractivity contribution is 6.31. The van der Waals surface area contributed by atoms with E-state index in [4.69, 9.17) is 34.8 Å². The third-order valence-electron chi connectivity index (χ3n) is 6.55. The van der Waals surface area contributed by atoms with Crippen LogP contribution in [0, 0.1) is 0 Å². The predicted molar refractivity (Wildman–Crippen MR) is 142 cm³/mol. The molecule has 0 saturated carbocycles. The molecule has 3 rings (SSSR count). The number of aromatic hydroxyl groups is 3. The fourth-order valence-electron chi connectivity index (χ4n) is 4.86. The zero-order valence-corrected chi connectivity index (χ0v) is 22.2. The van der Waals surface area contributed by atoms with Gasteiger partial charge in [-0.15, -0.1) is 0 Å². The van der Waals surface area contributed by atoms with Crippen molar-refractivity contribution in [1.82, 2.24) is 0 Å². The molecular formula is C28H31Cl3O3. The van der Waals surface area contributed by atoms with Gasteiger partial charge in [-0.05, 0) is 84.3 Å². The lowest BCUT2D eigenvalue weighted by atomic mass is 9.72. The molecule has 0 radical (unpaired) electrons. The molecule has 0 heterocycles. The lowest BCUT2D eigenvalue weighted by Crippen LogP contribution is -2.26. The Morgan fingerprint density at radius 1 is 0.676 bits per heavy atom. The predicted octanol–water partition coefficient (Wildman–Crippen LogP) is 8.58. The van der Waals surface area contributed by atoms with Gasteiger partial charge in [0.25, 0.3) is 0 Å². The van der Waals surface area contributed by atoms with E-state index in [-0.39, 0.29) is 17.2 Å². The average molecular weight is 522 g/mol. The van der Waals surface area contributed by atoms with E-state index in [2.05, 4.69) is 13.8 Å². The quantitative estimate of drug-likeness (QED) is 0.278. The maximum Gasteiger partial charge on any atom is 0.122 e. The van der Waals surface area contributed by atoms with Crippen molar-refractivity contribution in [2.75, 3.05) is 0 Å². The summed E-state index contributed by atoms with van der Waals surface area (Å²) in [5, 5.41) is 34.0. The van der Waals surface area contributed by atoms with Crippen LogP contribution in [-0.2, 0) is 23.7 Å². The number of rotatable bonds is 8. The lowest BCUT2D eigenvalue weighted by molar-refractivity contribution is 0.376. The summed E-state index contributed by atoms with van der Waals surface area (Å²) >= 11 is 19.0. The molecule has 0 fully saturated rings. The monoisotopic (exact) mass is 520 g/mol. The van der Waals surface area contributed by atoms with Crippen molar-refractivity contribution in [3.63, 3.8) is 0 Å². The van der Waals surface area contributed by atoms with E-state index in [9.17, 15) is 15.3 Å². The van der Waals surface area contributed by atoms with E-state index in [1.54, 1.807) is 42.5 Å². The number of hydrogen-bond acceptors (Lipinski definition) is 3. The summed E-state index contributed by atoms with van der Waals surface area (Å²) in [6.07, 6.45) is 2.57. The van der Waals surface area contributed by atoms with Crippen LogP contribution >= 0.6 is 34.8 Å². The third-order valence-corrected chi connectivity index (χ3v) is 7.24. The molecule has 1 unspecified atom stereocenters. The normalized spacial score (nSPS) is 13.6. The minimum Gasteiger partial charge on any atom is -0.508 e. The van der Waals surface area contributed by atoms with Crippen molar-refractivity contribution in [1.29, 1.82) is 0 Å². The van der Waals surface area contributed by atoms with Gasteiger partial charge >= 0.3 is 0 Å². The van der Waals surface area contributed by atoms with Gasteiger partial charge in [0.15, 0.2) is 0 Å². The SMILES string of the molecule is CCCC(C)(Cc1cc(Cl)ccc1O)c1cc(Cl)cc(CC(C)(C)c2cc(Cl)ccc2O)c1O. The molecule has 0 bridgehead atoms. The first-order valence-electron chi connectivity index (χ1n) is 11.3. The van der Waals surface area contributed by atoms with Crippen LogP contribution in [0.3, 0.4) is 0 Å². The smallest absolute Gasteiger partial charge is 0.122 e.